The first-order valence-electron chi connectivity index (χ1n) is 8.00. The van der Waals surface area contributed by atoms with E-state index in [9.17, 15) is 52.7 Å². The summed E-state index contributed by atoms with van der Waals surface area (Å²) in [7, 11) is -10.3. The molecule has 1 aliphatic rings. The maximum absolute atomic E-state index is 13.9. The van der Waals surface area contributed by atoms with Gasteiger partial charge in [0.15, 0.2) is 0 Å². The minimum atomic E-state index is -7.36. The molecular weight excluding hydrogens is 467 g/mol. The van der Waals surface area contributed by atoms with E-state index in [2.05, 4.69) is 3.63 Å². The topological polar surface area (TPSA) is 60.4 Å². The molecule has 1 heterocycles. The highest BCUT2D eigenvalue weighted by molar-refractivity contribution is 8.33. The summed E-state index contributed by atoms with van der Waals surface area (Å²) in [5.41, 5.74) is -1.09. The summed E-state index contributed by atoms with van der Waals surface area (Å²) in [4.78, 5) is 12.2. The zero-order chi connectivity index (χ0) is 23.3. The molecule has 0 aliphatic carbocycles. The van der Waals surface area contributed by atoms with E-state index in [-0.39, 0.29) is 24.3 Å². The van der Waals surface area contributed by atoms with E-state index in [0.29, 0.717) is 0 Å². The number of Topliss-reactive ketones (excluding diaryl/α,β-unsaturated/α-hetero) is 1. The first kappa shape index (κ1) is 26.3. The van der Waals surface area contributed by atoms with Crippen LogP contribution in [-0.4, -0.2) is 54.7 Å². The van der Waals surface area contributed by atoms with Crippen molar-refractivity contribution >= 4 is 26.2 Å². The number of carbonyl (C=O) groups is 1. The molecule has 0 saturated carbocycles. The second-order valence-corrected chi connectivity index (χ2v) is 12.6. The molecule has 15 heteroatoms. The van der Waals surface area contributed by atoms with Crippen molar-refractivity contribution in [1.29, 1.82) is 0 Å². The highest BCUT2D eigenvalue weighted by atomic mass is 32.3. The lowest BCUT2D eigenvalue weighted by Crippen LogP contribution is -2.63. The number of hydrogen-bond acceptors (Lipinski definition) is 4. The van der Waals surface area contributed by atoms with E-state index in [4.69, 9.17) is 0 Å². The van der Waals surface area contributed by atoms with E-state index >= 15 is 0 Å². The third-order valence-corrected chi connectivity index (χ3v) is 9.79. The molecule has 4 nitrogen and oxygen atoms in total. The van der Waals surface area contributed by atoms with Crippen LogP contribution in [0, 0.1) is 5.41 Å². The maximum Gasteiger partial charge on any atom is 0.460 e. The van der Waals surface area contributed by atoms with Crippen molar-refractivity contribution in [3.8, 4) is 0 Å². The summed E-state index contributed by atoms with van der Waals surface area (Å²) in [6.45, 7) is 4.20. The molecule has 0 atom stereocenters. The van der Waals surface area contributed by atoms with E-state index in [1.165, 1.54) is 20.8 Å². The summed E-state index contributed by atoms with van der Waals surface area (Å²) in [5, 5.41) is -6.91. The molecule has 1 saturated heterocycles. The lowest BCUT2D eigenvalue weighted by atomic mass is 9.92. The van der Waals surface area contributed by atoms with Crippen LogP contribution in [0.4, 0.5) is 39.5 Å². The van der Waals surface area contributed by atoms with Crippen molar-refractivity contribution in [2.45, 2.75) is 56.9 Å². The van der Waals surface area contributed by atoms with Crippen LogP contribution in [0.25, 0.3) is 0 Å². The summed E-state index contributed by atoms with van der Waals surface area (Å²) in [5.74, 6) is -16.7. The van der Waals surface area contributed by atoms with Crippen molar-refractivity contribution in [1.82, 2.24) is 0 Å². The lowest BCUT2D eigenvalue weighted by molar-refractivity contribution is -0.382. The average molecular weight is 486 g/mol. The lowest BCUT2D eigenvalue weighted by Gasteiger charge is -2.38. The van der Waals surface area contributed by atoms with Gasteiger partial charge < -0.3 is 0 Å². The Labute approximate surface area is 162 Å². The van der Waals surface area contributed by atoms with E-state index in [1.807, 2.05) is 0 Å². The van der Waals surface area contributed by atoms with Gasteiger partial charge >= 0.3 is 33.4 Å². The molecule has 0 spiro atoms. The molecule has 0 aromatic carbocycles. The van der Waals surface area contributed by atoms with Crippen LogP contribution in [0.5, 0.6) is 0 Å². The van der Waals surface area contributed by atoms with Gasteiger partial charge in [-0.1, -0.05) is 20.8 Å². The fourth-order valence-corrected chi connectivity index (χ4v) is 8.18. The monoisotopic (exact) mass is 486 g/mol. The third kappa shape index (κ3) is 4.65. The summed E-state index contributed by atoms with van der Waals surface area (Å²) in [6.07, 6.45) is -6.82. The van der Waals surface area contributed by atoms with Gasteiger partial charge in [0.2, 0.25) is 0 Å². The second kappa shape index (κ2) is 7.46. The quantitative estimate of drug-likeness (QED) is 0.481. The Hall–Kier alpha value is -0.700. The van der Waals surface area contributed by atoms with Crippen molar-refractivity contribution in [3.63, 3.8) is 0 Å². The minimum Gasteiger partial charge on any atom is -0.298 e. The van der Waals surface area contributed by atoms with Gasteiger partial charge in [0, 0.05) is 16.9 Å². The Morgan fingerprint density at radius 2 is 1.28 bits per heavy atom. The fourth-order valence-electron chi connectivity index (χ4n) is 2.27. The normalized spacial score (nSPS) is 20.6. The van der Waals surface area contributed by atoms with Gasteiger partial charge in [-0.15, -0.1) is 10.3 Å². The van der Waals surface area contributed by atoms with Crippen LogP contribution in [-0.2, 0) is 18.5 Å². The number of hydrogen-bond donors (Lipinski definition) is 0. The molecule has 29 heavy (non-hydrogen) atoms. The van der Waals surface area contributed by atoms with Crippen molar-refractivity contribution in [2.75, 3.05) is 17.3 Å². The summed E-state index contributed by atoms with van der Waals surface area (Å²) in [6, 6.07) is 0. The van der Waals surface area contributed by atoms with E-state index in [1.54, 1.807) is 0 Å². The van der Waals surface area contributed by atoms with Gasteiger partial charge in [-0.05, 0) is 12.8 Å². The molecule has 0 aromatic rings. The molecule has 1 aliphatic heterocycles. The van der Waals surface area contributed by atoms with Gasteiger partial charge in [-0.2, -0.15) is 47.9 Å². The Morgan fingerprint density at radius 1 is 0.862 bits per heavy atom. The largest absolute Gasteiger partial charge is 0.460 e. The zero-order valence-electron chi connectivity index (χ0n) is 15.4. The van der Waals surface area contributed by atoms with Crippen LogP contribution < -0.4 is 0 Å². The zero-order valence-corrected chi connectivity index (χ0v) is 17.0. The predicted molar refractivity (Wildman–Crippen MR) is 86.8 cm³/mol. The van der Waals surface area contributed by atoms with Gasteiger partial charge in [0.1, 0.15) is 5.78 Å². The van der Waals surface area contributed by atoms with Gasteiger partial charge in [-0.25, -0.2) is 3.63 Å². The van der Waals surface area contributed by atoms with E-state index < -0.39 is 60.7 Å². The molecule has 1 fully saturated rings. The molecule has 0 bridgehead atoms. The standard InChI is InChI=1S/C14H19F9O4S2/c1-10(2,3)9(24)8-28(6-4-5-7-28)27-29(25,26)14(22,23)12(17,18)11(15,16)13(19,20)21/h4-8H2,1-3H3. The molecule has 0 aromatic heterocycles. The van der Waals surface area contributed by atoms with E-state index in [0.717, 1.165) is 0 Å². The Bertz CT molecular complexity index is 733. The molecular formula is C14H19F9O4S2. The molecule has 1 rings (SSSR count). The van der Waals surface area contributed by atoms with Crippen molar-refractivity contribution in [2.24, 2.45) is 5.41 Å². The number of halogens is 9. The average Bonchev–Trinajstić information content (AvgIpc) is 2.91. The van der Waals surface area contributed by atoms with Crippen LogP contribution in [0.1, 0.15) is 33.6 Å². The molecule has 0 unspecified atom stereocenters. The van der Waals surface area contributed by atoms with Crippen LogP contribution >= 0.6 is 10.3 Å². The maximum atomic E-state index is 13.9. The Balaban J connectivity index is 3.36. The molecule has 0 amide bonds. The molecule has 174 valence electrons. The first-order chi connectivity index (χ1) is 12.5. The number of carbonyl (C=O) groups excluding carboxylic acids is 1. The number of rotatable bonds is 7. The fraction of sp³-hybridized carbons (Fsp3) is 0.929. The van der Waals surface area contributed by atoms with Crippen LogP contribution in [0.15, 0.2) is 0 Å². The van der Waals surface area contributed by atoms with Crippen LogP contribution in [0.3, 0.4) is 0 Å². The summed E-state index contributed by atoms with van der Waals surface area (Å²) < 4.78 is 145. The SMILES string of the molecule is CC(C)(C)C(=O)CS1(OS(=O)(=O)C(F)(F)C(F)(F)C(F)(F)C(F)(F)F)CCCC1. The molecule has 0 N–H and O–H groups in total. The second-order valence-electron chi connectivity index (χ2n) is 7.58. The number of alkyl halides is 9. The minimum absolute atomic E-state index is 0.170. The van der Waals surface area contributed by atoms with Crippen LogP contribution in [0.2, 0.25) is 0 Å². The van der Waals surface area contributed by atoms with Gasteiger partial charge in [0.25, 0.3) is 0 Å². The predicted octanol–water partition coefficient (Wildman–Crippen LogP) is 4.89. The first-order valence-corrected chi connectivity index (χ1v) is 11.5. The summed E-state index contributed by atoms with van der Waals surface area (Å²) >= 11 is 0. The Morgan fingerprint density at radius 3 is 1.62 bits per heavy atom. The highest BCUT2D eigenvalue weighted by Crippen LogP contribution is 2.61. The third-order valence-electron chi connectivity index (χ3n) is 4.18. The van der Waals surface area contributed by atoms with Gasteiger partial charge in [-0.3, -0.25) is 4.79 Å². The molecule has 0 radical (unpaired) electrons. The van der Waals surface area contributed by atoms with Gasteiger partial charge in [0.05, 0.1) is 5.75 Å². The van der Waals surface area contributed by atoms with Crippen molar-refractivity contribution < 1.29 is 56.4 Å². The highest BCUT2D eigenvalue weighted by Gasteiger charge is 2.86. The smallest absolute Gasteiger partial charge is 0.298 e. The Kier molecular flexibility index (Phi) is 6.78. The van der Waals surface area contributed by atoms with Crippen molar-refractivity contribution in [3.05, 3.63) is 0 Å². The number of ketones is 1.